The molecule has 3 heteroatoms. The summed E-state index contributed by atoms with van der Waals surface area (Å²) in [5.74, 6) is 0.994. The van der Waals surface area contributed by atoms with Crippen molar-refractivity contribution < 1.29 is 4.79 Å². The lowest BCUT2D eigenvalue weighted by atomic mass is 10.1. The number of hydrogen-bond acceptors (Lipinski definition) is 3. The Labute approximate surface area is 95.8 Å². The van der Waals surface area contributed by atoms with Gasteiger partial charge in [0.1, 0.15) is 5.82 Å². The molecule has 0 saturated heterocycles. The summed E-state index contributed by atoms with van der Waals surface area (Å²) in [6.45, 7) is 5.60. The van der Waals surface area contributed by atoms with E-state index in [2.05, 4.69) is 22.9 Å². The van der Waals surface area contributed by atoms with E-state index < -0.39 is 0 Å². The van der Waals surface area contributed by atoms with E-state index in [1.807, 2.05) is 6.07 Å². The monoisotopic (exact) mass is 216 g/mol. The van der Waals surface area contributed by atoms with Crippen molar-refractivity contribution in [2.75, 3.05) is 18.0 Å². The predicted octanol–water partition coefficient (Wildman–Crippen LogP) is 2.44. The molecule has 0 aliphatic carbocycles. The Morgan fingerprint density at radius 2 is 2.31 bits per heavy atom. The van der Waals surface area contributed by atoms with Gasteiger partial charge in [0.15, 0.2) is 5.78 Å². The maximum Gasteiger partial charge on any atom is 0.159 e. The Balaban J connectivity index is 2.24. The van der Waals surface area contributed by atoms with Crippen LogP contribution >= 0.6 is 0 Å². The number of pyridine rings is 1. The highest BCUT2D eigenvalue weighted by Crippen LogP contribution is 2.18. The van der Waals surface area contributed by atoms with E-state index in [9.17, 15) is 4.79 Å². The minimum atomic E-state index is 0.0907. The van der Waals surface area contributed by atoms with Gasteiger partial charge in [-0.1, -0.05) is 11.6 Å². The summed E-state index contributed by atoms with van der Waals surface area (Å²) in [5.41, 5.74) is 2.10. The van der Waals surface area contributed by atoms with Crippen LogP contribution in [0.3, 0.4) is 0 Å². The third-order valence-corrected chi connectivity index (χ3v) is 2.81. The third-order valence-electron chi connectivity index (χ3n) is 2.81. The third kappa shape index (κ3) is 2.30. The topological polar surface area (TPSA) is 33.2 Å². The van der Waals surface area contributed by atoms with Gasteiger partial charge in [-0.2, -0.15) is 0 Å². The zero-order valence-corrected chi connectivity index (χ0v) is 9.73. The molecule has 0 aromatic carbocycles. The zero-order valence-electron chi connectivity index (χ0n) is 9.73. The fraction of sp³-hybridized carbons (Fsp3) is 0.385. The van der Waals surface area contributed by atoms with Crippen molar-refractivity contribution in [3.05, 3.63) is 35.5 Å². The largest absolute Gasteiger partial charge is 0.352 e. The van der Waals surface area contributed by atoms with E-state index in [4.69, 9.17) is 0 Å². The normalized spacial score (nSPS) is 15.9. The van der Waals surface area contributed by atoms with Crippen molar-refractivity contribution in [1.82, 2.24) is 4.98 Å². The quantitative estimate of drug-likeness (QED) is 0.562. The van der Waals surface area contributed by atoms with Crippen molar-refractivity contribution in [1.29, 1.82) is 0 Å². The SMILES string of the molecule is CC(=O)c1ccnc(N2CCC=C(C)C2)c1. The number of aromatic nitrogens is 1. The second-order valence-electron chi connectivity index (χ2n) is 4.22. The van der Waals surface area contributed by atoms with E-state index in [1.165, 1.54) is 5.57 Å². The van der Waals surface area contributed by atoms with Crippen molar-refractivity contribution >= 4 is 11.6 Å². The molecule has 0 unspecified atom stereocenters. The smallest absolute Gasteiger partial charge is 0.159 e. The van der Waals surface area contributed by atoms with Gasteiger partial charge in [0, 0.05) is 24.8 Å². The molecule has 3 nitrogen and oxygen atoms in total. The van der Waals surface area contributed by atoms with E-state index in [-0.39, 0.29) is 5.78 Å². The Morgan fingerprint density at radius 1 is 1.50 bits per heavy atom. The fourth-order valence-corrected chi connectivity index (χ4v) is 1.92. The second kappa shape index (κ2) is 4.47. The molecule has 0 spiro atoms. The van der Waals surface area contributed by atoms with Crippen molar-refractivity contribution in [2.24, 2.45) is 0 Å². The lowest BCUT2D eigenvalue weighted by Gasteiger charge is -2.27. The first-order valence-electron chi connectivity index (χ1n) is 5.54. The van der Waals surface area contributed by atoms with Gasteiger partial charge in [0.25, 0.3) is 0 Å². The Kier molecular flexibility index (Phi) is 3.04. The van der Waals surface area contributed by atoms with Crippen LogP contribution in [0.5, 0.6) is 0 Å². The van der Waals surface area contributed by atoms with Crippen LogP contribution in [-0.4, -0.2) is 23.9 Å². The van der Waals surface area contributed by atoms with E-state index in [0.717, 1.165) is 30.9 Å². The van der Waals surface area contributed by atoms with E-state index in [1.54, 1.807) is 19.2 Å². The van der Waals surface area contributed by atoms with Crippen molar-refractivity contribution in [3.63, 3.8) is 0 Å². The molecule has 1 aromatic heterocycles. The van der Waals surface area contributed by atoms with Gasteiger partial charge >= 0.3 is 0 Å². The van der Waals surface area contributed by atoms with Gasteiger partial charge in [0.2, 0.25) is 0 Å². The molecule has 0 N–H and O–H groups in total. The molecule has 0 radical (unpaired) electrons. The average Bonchev–Trinajstić information content (AvgIpc) is 2.29. The van der Waals surface area contributed by atoms with Crippen LogP contribution < -0.4 is 4.90 Å². The number of Topliss-reactive ketones (excluding diaryl/α,β-unsaturated/α-hetero) is 1. The van der Waals surface area contributed by atoms with E-state index >= 15 is 0 Å². The van der Waals surface area contributed by atoms with Gasteiger partial charge < -0.3 is 4.90 Å². The summed E-state index contributed by atoms with van der Waals surface area (Å²) in [6.07, 6.45) is 5.02. The number of anilines is 1. The molecular weight excluding hydrogens is 200 g/mol. The van der Waals surface area contributed by atoms with Crippen LogP contribution in [0.25, 0.3) is 0 Å². The molecule has 1 aromatic rings. The Bertz CT molecular complexity index is 437. The molecule has 1 aliphatic heterocycles. The van der Waals surface area contributed by atoms with Crippen LogP contribution in [0.4, 0.5) is 5.82 Å². The number of nitrogens with zero attached hydrogens (tertiary/aromatic N) is 2. The van der Waals surface area contributed by atoms with Gasteiger partial charge in [-0.15, -0.1) is 0 Å². The van der Waals surface area contributed by atoms with Gasteiger partial charge in [-0.3, -0.25) is 4.79 Å². The zero-order chi connectivity index (χ0) is 11.5. The number of carbonyl (C=O) groups is 1. The number of hydrogen-bond donors (Lipinski definition) is 0. The highest BCUT2D eigenvalue weighted by molar-refractivity contribution is 5.94. The summed E-state index contributed by atoms with van der Waals surface area (Å²) in [4.78, 5) is 17.8. The van der Waals surface area contributed by atoms with Gasteiger partial charge in [0.05, 0.1) is 0 Å². The summed E-state index contributed by atoms with van der Waals surface area (Å²) in [7, 11) is 0. The molecule has 2 heterocycles. The molecule has 0 bridgehead atoms. The maximum atomic E-state index is 11.3. The highest BCUT2D eigenvalue weighted by atomic mass is 16.1. The molecular formula is C13H16N2O. The summed E-state index contributed by atoms with van der Waals surface area (Å²) >= 11 is 0. The fourth-order valence-electron chi connectivity index (χ4n) is 1.92. The standard InChI is InChI=1S/C13H16N2O/c1-10-4-3-7-15(9-10)13-8-12(11(2)16)5-6-14-13/h4-6,8H,3,7,9H2,1-2H3. The predicted molar refractivity (Wildman–Crippen MR) is 64.8 cm³/mol. The van der Waals surface area contributed by atoms with Crippen LogP contribution in [0.15, 0.2) is 30.0 Å². The first-order valence-corrected chi connectivity index (χ1v) is 5.54. The average molecular weight is 216 g/mol. The lowest BCUT2D eigenvalue weighted by molar-refractivity contribution is 0.101. The van der Waals surface area contributed by atoms with Crippen molar-refractivity contribution in [2.45, 2.75) is 20.3 Å². The van der Waals surface area contributed by atoms with Gasteiger partial charge in [-0.25, -0.2) is 4.98 Å². The summed E-state index contributed by atoms with van der Waals surface area (Å²) in [6, 6.07) is 3.64. The maximum absolute atomic E-state index is 11.3. The van der Waals surface area contributed by atoms with Crippen molar-refractivity contribution in [3.8, 4) is 0 Å². The number of carbonyl (C=O) groups excluding carboxylic acids is 1. The minimum Gasteiger partial charge on any atom is -0.352 e. The number of rotatable bonds is 2. The Morgan fingerprint density at radius 3 is 3.00 bits per heavy atom. The van der Waals surface area contributed by atoms with Gasteiger partial charge in [-0.05, 0) is 32.4 Å². The summed E-state index contributed by atoms with van der Waals surface area (Å²) < 4.78 is 0. The lowest BCUT2D eigenvalue weighted by Crippen LogP contribution is -2.29. The van der Waals surface area contributed by atoms with Crippen LogP contribution in [0.2, 0.25) is 0 Å². The molecule has 16 heavy (non-hydrogen) atoms. The molecule has 84 valence electrons. The Hall–Kier alpha value is -1.64. The molecule has 0 atom stereocenters. The molecule has 2 rings (SSSR count). The van der Waals surface area contributed by atoms with Crippen LogP contribution in [0.1, 0.15) is 30.6 Å². The van der Waals surface area contributed by atoms with Crippen LogP contribution in [-0.2, 0) is 0 Å². The van der Waals surface area contributed by atoms with Crippen LogP contribution in [0, 0.1) is 0 Å². The first-order chi connectivity index (χ1) is 7.66. The molecule has 0 amide bonds. The van der Waals surface area contributed by atoms with E-state index in [0.29, 0.717) is 0 Å². The highest BCUT2D eigenvalue weighted by Gasteiger charge is 2.12. The minimum absolute atomic E-state index is 0.0907. The molecule has 0 saturated carbocycles. The first kappa shape index (κ1) is 10.9. The molecule has 1 aliphatic rings. The summed E-state index contributed by atoms with van der Waals surface area (Å²) in [5, 5.41) is 0. The second-order valence-corrected chi connectivity index (χ2v) is 4.22. The molecule has 0 fully saturated rings. The number of ketones is 1.